The Morgan fingerprint density at radius 3 is 2.40 bits per heavy atom. The Balaban J connectivity index is 4.57. The second-order valence-electron chi connectivity index (χ2n) is 3.27. The summed E-state index contributed by atoms with van der Waals surface area (Å²) in [6.07, 6.45) is -0.704. The molecular weight excluding hydrogens is 224 g/mol. The zero-order chi connectivity index (χ0) is 12.1. The first kappa shape index (κ1) is 14.1. The van der Waals surface area contributed by atoms with Gasteiger partial charge in [0.1, 0.15) is 0 Å². The minimum Gasteiger partial charge on any atom is -0.452 e. The summed E-state index contributed by atoms with van der Waals surface area (Å²) in [4.78, 5) is 10.7. The summed E-state index contributed by atoms with van der Waals surface area (Å²) in [6.45, 7) is 2.85. The van der Waals surface area contributed by atoms with E-state index in [9.17, 15) is 13.2 Å². The van der Waals surface area contributed by atoms with Crippen molar-refractivity contribution in [3.05, 3.63) is 0 Å². The fourth-order valence-electron chi connectivity index (χ4n) is 0.718. The third-order valence-electron chi connectivity index (χ3n) is 1.91. The third kappa shape index (κ3) is 4.96. The number of methoxy groups -OCH3 is 1. The molecule has 0 saturated carbocycles. The zero-order valence-electron chi connectivity index (χ0n) is 8.90. The number of carbonyl (C=O) groups is 1. The van der Waals surface area contributed by atoms with E-state index in [4.69, 9.17) is 5.11 Å². The van der Waals surface area contributed by atoms with Gasteiger partial charge in [-0.15, -0.1) is 0 Å². The molecule has 0 aromatic carbocycles. The molecule has 0 aliphatic heterocycles. The van der Waals surface area contributed by atoms with E-state index in [1.807, 2.05) is 0 Å². The van der Waals surface area contributed by atoms with E-state index in [1.54, 1.807) is 11.6 Å². The van der Waals surface area contributed by atoms with Gasteiger partial charge in [-0.1, -0.05) is 6.92 Å². The van der Waals surface area contributed by atoms with Crippen molar-refractivity contribution in [2.24, 2.45) is 0 Å². The molecule has 1 atom stereocenters. The maximum atomic E-state index is 11.3. The molecule has 90 valence electrons. The van der Waals surface area contributed by atoms with Crippen LogP contribution >= 0.6 is 0 Å². The largest absolute Gasteiger partial charge is 0.452 e. The van der Waals surface area contributed by atoms with Crippen molar-refractivity contribution in [1.82, 2.24) is 9.44 Å². The van der Waals surface area contributed by atoms with Crippen LogP contribution in [-0.2, 0) is 14.9 Å². The Hall–Kier alpha value is -0.860. The first-order valence-corrected chi connectivity index (χ1v) is 5.77. The quantitative estimate of drug-likeness (QED) is 0.591. The standard InChI is InChI=1S/C7H16N2O5S/c1-4-7(2,5-10)9-15(12,13)8-6(11)14-3/h9-10H,4-5H2,1-3H3,(H,8,11). The second kappa shape index (κ2) is 5.29. The molecule has 0 aliphatic carbocycles. The lowest BCUT2D eigenvalue weighted by atomic mass is 10.0. The van der Waals surface area contributed by atoms with Crippen molar-refractivity contribution in [2.45, 2.75) is 25.8 Å². The van der Waals surface area contributed by atoms with Gasteiger partial charge < -0.3 is 9.84 Å². The maximum absolute atomic E-state index is 11.3. The predicted molar refractivity (Wildman–Crippen MR) is 53.4 cm³/mol. The summed E-state index contributed by atoms with van der Waals surface area (Å²) in [5, 5.41) is 8.97. The number of rotatable bonds is 5. The van der Waals surface area contributed by atoms with Gasteiger partial charge >= 0.3 is 16.3 Å². The van der Waals surface area contributed by atoms with Crippen molar-refractivity contribution in [1.29, 1.82) is 0 Å². The molecule has 0 rings (SSSR count). The average molecular weight is 240 g/mol. The molecule has 0 radical (unpaired) electrons. The van der Waals surface area contributed by atoms with Crippen molar-refractivity contribution in [3.63, 3.8) is 0 Å². The number of ether oxygens (including phenoxy) is 1. The lowest BCUT2D eigenvalue weighted by Gasteiger charge is -2.26. The van der Waals surface area contributed by atoms with Gasteiger partial charge in [0.2, 0.25) is 0 Å². The highest BCUT2D eigenvalue weighted by atomic mass is 32.2. The SMILES string of the molecule is CCC(C)(CO)NS(=O)(=O)NC(=O)OC. The van der Waals surface area contributed by atoms with Crippen LogP contribution in [0.2, 0.25) is 0 Å². The molecule has 8 heteroatoms. The Labute approximate surface area is 89.0 Å². The van der Waals surface area contributed by atoms with Crippen LogP contribution in [0.15, 0.2) is 0 Å². The Bertz CT molecular complexity index is 309. The number of carbonyl (C=O) groups excluding carboxylic acids is 1. The van der Waals surface area contributed by atoms with E-state index < -0.39 is 21.8 Å². The molecule has 0 aromatic rings. The molecule has 0 aliphatic rings. The number of hydrogen-bond donors (Lipinski definition) is 3. The minimum absolute atomic E-state index is 0.369. The highest BCUT2D eigenvalue weighted by Gasteiger charge is 2.28. The van der Waals surface area contributed by atoms with E-state index in [1.165, 1.54) is 6.92 Å². The summed E-state index contributed by atoms with van der Waals surface area (Å²) in [5.41, 5.74) is -1.00. The van der Waals surface area contributed by atoms with Crippen LogP contribution < -0.4 is 9.44 Å². The first-order valence-electron chi connectivity index (χ1n) is 4.29. The maximum Gasteiger partial charge on any atom is 0.421 e. The molecule has 0 saturated heterocycles. The van der Waals surface area contributed by atoms with Crippen molar-refractivity contribution in [3.8, 4) is 0 Å². The van der Waals surface area contributed by atoms with Crippen LogP contribution in [0.3, 0.4) is 0 Å². The molecule has 1 amide bonds. The van der Waals surface area contributed by atoms with Crippen LogP contribution in [0.4, 0.5) is 4.79 Å². The predicted octanol–water partition coefficient (Wildman–Crippen LogP) is -0.662. The fourth-order valence-corrected chi connectivity index (χ4v) is 1.93. The number of aliphatic hydroxyl groups is 1. The first-order chi connectivity index (χ1) is 6.78. The van der Waals surface area contributed by atoms with Crippen molar-refractivity contribution < 1.29 is 23.1 Å². The topological polar surface area (TPSA) is 105 Å². The zero-order valence-corrected chi connectivity index (χ0v) is 9.72. The molecule has 3 N–H and O–H groups in total. The molecule has 0 aromatic heterocycles. The van der Waals surface area contributed by atoms with Gasteiger partial charge in [0, 0.05) is 0 Å². The molecule has 7 nitrogen and oxygen atoms in total. The molecule has 0 bridgehead atoms. The normalized spacial score (nSPS) is 15.5. The smallest absolute Gasteiger partial charge is 0.421 e. The van der Waals surface area contributed by atoms with E-state index >= 15 is 0 Å². The van der Waals surface area contributed by atoms with Crippen LogP contribution in [0.1, 0.15) is 20.3 Å². The van der Waals surface area contributed by atoms with E-state index in [0.717, 1.165) is 7.11 Å². The van der Waals surface area contributed by atoms with Crippen molar-refractivity contribution in [2.75, 3.05) is 13.7 Å². The molecule has 0 heterocycles. The van der Waals surface area contributed by atoms with Gasteiger partial charge in [-0.05, 0) is 13.3 Å². The molecule has 0 spiro atoms. The summed E-state index contributed by atoms with van der Waals surface area (Å²) in [6, 6.07) is 0. The van der Waals surface area contributed by atoms with Crippen LogP contribution in [0.5, 0.6) is 0 Å². The van der Waals surface area contributed by atoms with Gasteiger partial charge in [-0.3, -0.25) is 0 Å². The minimum atomic E-state index is -4.01. The van der Waals surface area contributed by atoms with Crippen LogP contribution in [-0.4, -0.2) is 38.9 Å². The van der Waals surface area contributed by atoms with Gasteiger partial charge in [0.25, 0.3) is 0 Å². The summed E-state index contributed by atoms with van der Waals surface area (Å²) in [5.74, 6) is 0. The fraction of sp³-hybridized carbons (Fsp3) is 0.857. The Morgan fingerprint density at radius 2 is 2.07 bits per heavy atom. The lowest BCUT2D eigenvalue weighted by Crippen LogP contribution is -2.53. The van der Waals surface area contributed by atoms with E-state index in [0.29, 0.717) is 6.42 Å². The number of hydrogen-bond acceptors (Lipinski definition) is 5. The summed E-state index contributed by atoms with van der Waals surface area (Å²) < 4.78 is 30.5. The van der Waals surface area contributed by atoms with Crippen molar-refractivity contribution >= 4 is 16.3 Å². The lowest BCUT2D eigenvalue weighted by molar-refractivity contribution is 0.175. The number of nitrogens with one attached hydrogen (secondary N) is 2. The monoisotopic (exact) mass is 240 g/mol. The van der Waals surface area contributed by atoms with E-state index in [2.05, 4.69) is 9.46 Å². The second-order valence-corrected chi connectivity index (χ2v) is 4.69. The Morgan fingerprint density at radius 1 is 1.53 bits per heavy atom. The molecule has 15 heavy (non-hydrogen) atoms. The van der Waals surface area contributed by atoms with Gasteiger partial charge in [0.15, 0.2) is 0 Å². The highest BCUT2D eigenvalue weighted by molar-refractivity contribution is 7.88. The highest BCUT2D eigenvalue weighted by Crippen LogP contribution is 2.08. The molecule has 1 unspecified atom stereocenters. The van der Waals surface area contributed by atoms with Gasteiger partial charge in [0.05, 0.1) is 19.3 Å². The third-order valence-corrected chi connectivity index (χ3v) is 3.11. The van der Waals surface area contributed by atoms with Crippen LogP contribution in [0, 0.1) is 0 Å². The summed E-state index contributed by atoms with van der Waals surface area (Å²) in [7, 11) is -2.96. The molecule has 0 fully saturated rings. The van der Waals surface area contributed by atoms with E-state index in [-0.39, 0.29) is 6.61 Å². The average Bonchev–Trinajstić information content (AvgIpc) is 2.16. The van der Waals surface area contributed by atoms with Crippen LogP contribution in [0.25, 0.3) is 0 Å². The molecular formula is C7H16N2O5S. The summed E-state index contributed by atoms with van der Waals surface area (Å²) >= 11 is 0. The number of amides is 1. The Kier molecular flexibility index (Phi) is 4.98. The van der Waals surface area contributed by atoms with Gasteiger partial charge in [-0.2, -0.15) is 13.1 Å². The van der Waals surface area contributed by atoms with Gasteiger partial charge in [-0.25, -0.2) is 9.52 Å². The number of aliphatic hydroxyl groups excluding tert-OH is 1.